The monoisotopic (exact) mass is 113 g/mol. The third-order valence-electron chi connectivity index (χ3n) is 1.95. The van der Waals surface area contributed by atoms with Gasteiger partial charge in [0.25, 0.3) is 0 Å². The lowest BCUT2D eigenvalue weighted by Crippen LogP contribution is -2.10. The van der Waals surface area contributed by atoms with Crippen molar-refractivity contribution in [3.8, 4) is 0 Å². The minimum Gasteiger partial charge on any atom is -0.0625 e. The summed E-state index contributed by atoms with van der Waals surface area (Å²) in [5.74, 6) is 2.13. The summed E-state index contributed by atoms with van der Waals surface area (Å²) in [6, 6.07) is 0. The van der Waals surface area contributed by atoms with E-state index in [0.29, 0.717) is 5.92 Å². The van der Waals surface area contributed by atoms with Crippen LogP contribution in [0, 0.1) is 24.7 Å². The van der Waals surface area contributed by atoms with Gasteiger partial charge in [0, 0.05) is 0 Å². The molecule has 49 valence electrons. The van der Waals surface area contributed by atoms with Crippen LogP contribution in [0.25, 0.3) is 0 Å². The Morgan fingerprint density at radius 2 is 1.38 bits per heavy atom. The second-order valence-electron chi connectivity index (χ2n) is 3.08. The zero-order valence-corrected chi connectivity index (χ0v) is 6.44. The zero-order chi connectivity index (χ0) is 6.73. The van der Waals surface area contributed by atoms with Gasteiger partial charge in [0.05, 0.1) is 0 Å². The van der Waals surface area contributed by atoms with E-state index in [-0.39, 0.29) is 0 Å². The molecule has 0 aromatic heterocycles. The predicted octanol–water partition coefficient (Wildman–Crippen LogP) is 2.75. The van der Waals surface area contributed by atoms with Gasteiger partial charge < -0.3 is 0 Å². The van der Waals surface area contributed by atoms with E-state index in [2.05, 4.69) is 34.6 Å². The van der Waals surface area contributed by atoms with E-state index < -0.39 is 0 Å². The summed E-state index contributed by atoms with van der Waals surface area (Å²) >= 11 is 0. The van der Waals surface area contributed by atoms with E-state index in [0.717, 1.165) is 11.8 Å². The summed E-state index contributed by atoms with van der Waals surface area (Å²) in [7, 11) is 0. The van der Waals surface area contributed by atoms with Crippen LogP contribution in [0.1, 0.15) is 27.7 Å². The molecule has 0 aliphatic rings. The van der Waals surface area contributed by atoms with Crippen molar-refractivity contribution >= 4 is 0 Å². The van der Waals surface area contributed by atoms with E-state index in [4.69, 9.17) is 0 Å². The minimum absolute atomic E-state index is 0.593. The Morgan fingerprint density at radius 3 is 1.38 bits per heavy atom. The maximum Gasteiger partial charge on any atom is -0.0394 e. The molecule has 2 unspecified atom stereocenters. The van der Waals surface area contributed by atoms with Crippen LogP contribution in [0.4, 0.5) is 0 Å². The van der Waals surface area contributed by atoms with Gasteiger partial charge in [-0.1, -0.05) is 34.6 Å². The highest BCUT2D eigenvalue weighted by Gasteiger charge is 2.09. The molecule has 0 saturated carbocycles. The molecule has 0 N–H and O–H groups in total. The first-order valence-electron chi connectivity index (χ1n) is 3.38. The standard InChI is InChI=1S/C8H17/c1-6(2)8(5)7(3)4/h6-8H,1H2,2-5H3. The Bertz CT molecular complexity index is 45.1. The first kappa shape index (κ1) is 8.00. The Hall–Kier alpha value is 0. The highest BCUT2D eigenvalue weighted by Crippen LogP contribution is 2.18. The average Bonchev–Trinajstić information content (AvgIpc) is 1.64. The summed E-state index contributed by atoms with van der Waals surface area (Å²) in [5, 5.41) is 0. The Balaban J connectivity index is 3.46. The van der Waals surface area contributed by atoms with Crippen LogP contribution >= 0.6 is 0 Å². The molecule has 0 aliphatic carbocycles. The highest BCUT2D eigenvalue weighted by molar-refractivity contribution is 4.65. The van der Waals surface area contributed by atoms with Gasteiger partial charge in [-0.25, -0.2) is 0 Å². The zero-order valence-electron chi connectivity index (χ0n) is 6.44. The second kappa shape index (κ2) is 3.11. The molecular weight excluding hydrogens is 96.1 g/mol. The van der Waals surface area contributed by atoms with Crippen molar-refractivity contribution in [2.24, 2.45) is 17.8 Å². The van der Waals surface area contributed by atoms with Crippen LogP contribution in [-0.4, -0.2) is 0 Å². The predicted molar refractivity (Wildman–Crippen MR) is 38.5 cm³/mol. The van der Waals surface area contributed by atoms with Gasteiger partial charge in [0.15, 0.2) is 0 Å². The lowest BCUT2D eigenvalue weighted by Gasteiger charge is -2.18. The van der Waals surface area contributed by atoms with Crippen molar-refractivity contribution in [1.82, 2.24) is 0 Å². The molecule has 0 spiro atoms. The Kier molecular flexibility index (Phi) is 3.11. The first-order valence-corrected chi connectivity index (χ1v) is 3.38. The first-order chi connectivity index (χ1) is 3.55. The molecule has 0 rings (SSSR count). The normalized spacial score (nSPS) is 12.0. The third kappa shape index (κ3) is 2.34. The molecule has 8 heavy (non-hydrogen) atoms. The second-order valence-corrected chi connectivity index (χ2v) is 3.08. The summed E-state index contributed by atoms with van der Waals surface area (Å²) in [6.45, 7) is 12.9. The van der Waals surface area contributed by atoms with Gasteiger partial charge in [-0.05, 0) is 17.8 Å². The average molecular weight is 113 g/mol. The quantitative estimate of drug-likeness (QED) is 0.516. The lowest BCUT2D eigenvalue weighted by molar-refractivity contribution is 0.340. The fraction of sp³-hybridized carbons (Fsp3) is 0.875. The SMILES string of the molecule is [CH2]C(C)C(C)C(C)C. The van der Waals surface area contributed by atoms with E-state index in [1.165, 1.54) is 0 Å². The van der Waals surface area contributed by atoms with Crippen molar-refractivity contribution in [2.45, 2.75) is 27.7 Å². The fourth-order valence-corrected chi connectivity index (χ4v) is 0.657. The van der Waals surface area contributed by atoms with Gasteiger partial charge in [-0.15, -0.1) is 0 Å². The topological polar surface area (TPSA) is 0 Å². The van der Waals surface area contributed by atoms with Crippen LogP contribution in [0.5, 0.6) is 0 Å². The smallest absolute Gasteiger partial charge is 0.0394 e. The van der Waals surface area contributed by atoms with Crippen molar-refractivity contribution in [3.63, 3.8) is 0 Å². The molecule has 0 saturated heterocycles. The van der Waals surface area contributed by atoms with Gasteiger partial charge >= 0.3 is 0 Å². The molecular formula is C8H17. The van der Waals surface area contributed by atoms with Crippen LogP contribution < -0.4 is 0 Å². The van der Waals surface area contributed by atoms with Crippen molar-refractivity contribution in [2.75, 3.05) is 0 Å². The Morgan fingerprint density at radius 1 is 1.00 bits per heavy atom. The number of rotatable bonds is 2. The van der Waals surface area contributed by atoms with Crippen LogP contribution in [0.3, 0.4) is 0 Å². The molecule has 2 atom stereocenters. The summed E-state index contributed by atoms with van der Waals surface area (Å²) in [6.07, 6.45) is 0. The van der Waals surface area contributed by atoms with Crippen molar-refractivity contribution in [1.29, 1.82) is 0 Å². The summed E-state index contributed by atoms with van der Waals surface area (Å²) in [5.41, 5.74) is 0. The van der Waals surface area contributed by atoms with Crippen LogP contribution in [-0.2, 0) is 0 Å². The fourth-order valence-electron chi connectivity index (χ4n) is 0.657. The Labute approximate surface area is 53.3 Å². The van der Waals surface area contributed by atoms with Gasteiger partial charge in [0.1, 0.15) is 0 Å². The van der Waals surface area contributed by atoms with E-state index >= 15 is 0 Å². The largest absolute Gasteiger partial charge is 0.0625 e. The van der Waals surface area contributed by atoms with Gasteiger partial charge in [-0.2, -0.15) is 0 Å². The molecule has 0 bridgehead atoms. The van der Waals surface area contributed by atoms with Crippen LogP contribution in [0.2, 0.25) is 0 Å². The maximum absolute atomic E-state index is 3.96. The van der Waals surface area contributed by atoms with Crippen molar-refractivity contribution in [3.05, 3.63) is 6.92 Å². The van der Waals surface area contributed by atoms with Crippen LogP contribution in [0.15, 0.2) is 0 Å². The van der Waals surface area contributed by atoms with Gasteiger partial charge in [-0.3, -0.25) is 0 Å². The molecule has 0 aromatic rings. The van der Waals surface area contributed by atoms with E-state index in [1.807, 2.05) is 0 Å². The molecule has 0 heteroatoms. The lowest BCUT2D eigenvalue weighted by atomic mass is 9.88. The molecule has 0 aliphatic heterocycles. The molecule has 0 heterocycles. The number of hydrogen-bond donors (Lipinski definition) is 0. The maximum atomic E-state index is 3.96. The molecule has 0 aromatic carbocycles. The minimum atomic E-state index is 0.593. The summed E-state index contributed by atoms with van der Waals surface area (Å²) < 4.78 is 0. The molecule has 0 amide bonds. The molecule has 0 nitrogen and oxygen atoms in total. The number of hydrogen-bond acceptors (Lipinski definition) is 0. The molecule has 0 fully saturated rings. The third-order valence-corrected chi connectivity index (χ3v) is 1.95. The van der Waals surface area contributed by atoms with Gasteiger partial charge in [0.2, 0.25) is 0 Å². The summed E-state index contributed by atoms with van der Waals surface area (Å²) in [4.78, 5) is 0. The highest BCUT2D eigenvalue weighted by atomic mass is 14.2. The molecule has 1 radical (unpaired) electrons. The van der Waals surface area contributed by atoms with E-state index in [9.17, 15) is 0 Å². The van der Waals surface area contributed by atoms with Crippen molar-refractivity contribution < 1.29 is 0 Å². The van der Waals surface area contributed by atoms with E-state index in [1.54, 1.807) is 0 Å².